The highest BCUT2D eigenvalue weighted by Crippen LogP contribution is 2.24. The molecule has 0 unspecified atom stereocenters. The number of hydrogen-bond donors (Lipinski definition) is 0. The number of hydrogen-bond acceptors (Lipinski definition) is 2. The van der Waals surface area contributed by atoms with E-state index in [4.69, 9.17) is 9.47 Å². The monoisotopic (exact) mass is 264 g/mol. The smallest absolute Gasteiger partial charge is 0.119 e. The van der Waals surface area contributed by atoms with Crippen LogP contribution in [0, 0.1) is 5.41 Å². The van der Waals surface area contributed by atoms with Gasteiger partial charge in [0.25, 0.3) is 0 Å². The standard InChI is InChI=1S/C17H28O2/c1-16(2,3)13-18-11-12-19-15-9-7-14(8-10-15)17(4,5)6/h7-10H,11-13H2,1-6H3. The van der Waals surface area contributed by atoms with Crippen LogP contribution >= 0.6 is 0 Å². The molecule has 0 fully saturated rings. The first kappa shape index (κ1) is 16.0. The largest absolute Gasteiger partial charge is 0.491 e. The lowest BCUT2D eigenvalue weighted by atomic mass is 9.87. The Morgan fingerprint density at radius 2 is 1.42 bits per heavy atom. The van der Waals surface area contributed by atoms with Crippen molar-refractivity contribution in [2.24, 2.45) is 5.41 Å². The molecule has 0 radical (unpaired) electrons. The fourth-order valence-corrected chi connectivity index (χ4v) is 1.65. The van der Waals surface area contributed by atoms with E-state index in [1.54, 1.807) is 0 Å². The predicted molar refractivity (Wildman–Crippen MR) is 80.9 cm³/mol. The van der Waals surface area contributed by atoms with Gasteiger partial charge in [-0.15, -0.1) is 0 Å². The van der Waals surface area contributed by atoms with Crippen molar-refractivity contribution in [3.05, 3.63) is 29.8 Å². The maximum Gasteiger partial charge on any atom is 0.119 e. The van der Waals surface area contributed by atoms with Crippen LogP contribution in [0.4, 0.5) is 0 Å². The highest BCUT2D eigenvalue weighted by atomic mass is 16.5. The Morgan fingerprint density at radius 1 is 0.842 bits per heavy atom. The molecule has 0 atom stereocenters. The van der Waals surface area contributed by atoms with Crippen molar-refractivity contribution in [2.45, 2.75) is 47.0 Å². The Balaban J connectivity index is 2.31. The zero-order chi connectivity index (χ0) is 14.5. The lowest BCUT2D eigenvalue weighted by molar-refractivity contribution is 0.0514. The summed E-state index contributed by atoms with van der Waals surface area (Å²) < 4.78 is 11.2. The van der Waals surface area contributed by atoms with Gasteiger partial charge in [-0.2, -0.15) is 0 Å². The zero-order valence-electron chi connectivity index (χ0n) is 13.2. The quantitative estimate of drug-likeness (QED) is 0.733. The molecule has 0 spiro atoms. The minimum absolute atomic E-state index is 0.189. The molecule has 2 nitrogen and oxygen atoms in total. The summed E-state index contributed by atoms with van der Waals surface area (Å²) in [6.07, 6.45) is 0. The van der Waals surface area contributed by atoms with Gasteiger partial charge in [0.05, 0.1) is 13.2 Å². The average molecular weight is 264 g/mol. The second-order valence-corrected chi connectivity index (χ2v) is 7.24. The Morgan fingerprint density at radius 3 is 1.89 bits per heavy atom. The normalized spacial score (nSPS) is 12.5. The first-order chi connectivity index (χ1) is 8.68. The van der Waals surface area contributed by atoms with Crippen LogP contribution in [0.5, 0.6) is 5.75 Å². The fourth-order valence-electron chi connectivity index (χ4n) is 1.65. The zero-order valence-corrected chi connectivity index (χ0v) is 13.2. The average Bonchev–Trinajstić information content (AvgIpc) is 2.26. The number of benzene rings is 1. The van der Waals surface area contributed by atoms with E-state index in [1.807, 2.05) is 12.1 Å². The third kappa shape index (κ3) is 6.63. The molecular formula is C17H28O2. The molecule has 108 valence electrons. The van der Waals surface area contributed by atoms with Crippen LogP contribution in [-0.4, -0.2) is 19.8 Å². The van der Waals surface area contributed by atoms with Gasteiger partial charge < -0.3 is 9.47 Å². The van der Waals surface area contributed by atoms with Gasteiger partial charge in [0.1, 0.15) is 12.4 Å². The summed E-state index contributed by atoms with van der Waals surface area (Å²) in [4.78, 5) is 0. The van der Waals surface area contributed by atoms with Crippen LogP contribution in [0.25, 0.3) is 0 Å². The molecule has 19 heavy (non-hydrogen) atoms. The first-order valence-corrected chi connectivity index (χ1v) is 7.00. The third-order valence-corrected chi connectivity index (χ3v) is 2.75. The minimum atomic E-state index is 0.189. The second kappa shape index (κ2) is 6.42. The molecule has 0 bridgehead atoms. The molecule has 0 aliphatic carbocycles. The molecule has 0 aromatic heterocycles. The van der Waals surface area contributed by atoms with E-state index in [0.29, 0.717) is 13.2 Å². The van der Waals surface area contributed by atoms with E-state index in [-0.39, 0.29) is 10.8 Å². The molecule has 1 rings (SSSR count). The van der Waals surface area contributed by atoms with Crippen molar-refractivity contribution in [1.29, 1.82) is 0 Å². The van der Waals surface area contributed by atoms with Crippen molar-refractivity contribution < 1.29 is 9.47 Å². The van der Waals surface area contributed by atoms with E-state index >= 15 is 0 Å². The summed E-state index contributed by atoms with van der Waals surface area (Å²) in [5.41, 5.74) is 1.73. The van der Waals surface area contributed by atoms with E-state index in [9.17, 15) is 0 Å². The Kier molecular flexibility index (Phi) is 5.42. The molecule has 0 saturated carbocycles. The second-order valence-electron chi connectivity index (χ2n) is 7.24. The highest BCUT2D eigenvalue weighted by Gasteiger charge is 2.13. The predicted octanol–water partition coefficient (Wildman–Crippen LogP) is 4.43. The summed E-state index contributed by atoms with van der Waals surface area (Å²) >= 11 is 0. The van der Waals surface area contributed by atoms with Gasteiger partial charge in [-0.05, 0) is 28.5 Å². The van der Waals surface area contributed by atoms with Gasteiger partial charge in [0.15, 0.2) is 0 Å². The topological polar surface area (TPSA) is 18.5 Å². The molecule has 2 heteroatoms. The van der Waals surface area contributed by atoms with E-state index < -0.39 is 0 Å². The van der Waals surface area contributed by atoms with Gasteiger partial charge in [0, 0.05) is 0 Å². The molecule has 0 aliphatic heterocycles. The summed E-state index contributed by atoms with van der Waals surface area (Å²) in [7, 11) is 0. The van der Waals surface area contributed by atoms with E-state index in [2.05, 4.69) is 53.7 Å². The van der Waals surface area contributed by atoms with E-state index in [1.165, 1.54) is 5.56 Å². The van der Waals surface area contributed by atoms with Crippen molar-refractivity contribution in [3.63, 3.8) is 0 Å². The number of rotatable bonds is 5. The Labute approximate surface area is 118 Å². The first-order valence-electron chi connectivity index (χ1n) is 7.00. The van der Waals surface area contributed by atoms with Crippen LogP contribution in [0.2, 0.25) is 0 Å². The molecule has 1 aromatic carbocycles. The lowest BCUT2D eigenvalue weighted by Crippen LogP contribution is -2.17. The fraction of sp³-hybridized carbons (Fsp3) is 0.647. The third-order valence-electron chi connectivity index (χ3n) is 2.75. The molecular weight excluding hydrogens is 236 g/mol. The van der Waals surface area contributed by atoms with Crippen molar-refractivity contribution >= 4 is 0 Å². The molecule has 0 N–H and O–H groups in total. The number of ether oxygens (including phenoxy) is 2. The Bertz CT molecular complexity index is 366. The van der Waals surface area contributed by atoms with Gasteiger partial charge in [-0.3, -0.25) is 0 Å². The van der Waals surface area contributed by atoms with Gasteiger partial charge in [-0.25, -0.2) is 0 Å². The SMILES string of the molecule is CC(C)(C)COCCOc1ccc(C(C)(C)C)cc1. The van der Waals surface area contributed by atoms with Crippen LogP contribution < -0.4 is 4.74 Å². The van der Waals surface area contributed by atoms with Crippen molar-refractivity contribution in [1.82, 2.24) is 0 Å². The molecule has 1 aromatic rings. The van der Waals surface area contributed by atoms with Gasteiger partial charge in [0.2, 0.25) is 0 Å². The molecule has 0 aliphatic rings. The Hall–Kier alpha value is -1.02. The maximum absolute atomic E-state index is 5.66. The van der Waals surface area contributed by atoms with Gasteiger partial charge >= 0.3 is 0 Å². The van der Waals surface area contributed by atoms with Crippen LogP contribution in [0.1, 0.15) is 47.1 Å². The summed E-state index contributed by atoms with van der Waals surface area (Å²) in [6, 6.07) is 8.32. The lowest BCUT2D eigenvalue weighted by Gasteiger charge is -2.19. The molecule has 0 amide bonds. The van der Waals surface area contributed by atoms with Crippen molar-refractivity contribution in [2.75, 3.05) is 19.8 Å². The highest BCUT2D eigenvalue weighted by molar-refractivity contribution is 5.31. The molecule has 0 heterocycles. The summed E-state index contributed by atoms with van der Waals surface area (Å²) in [5, 5.41) is 0. The van der Waals surface area contributed by atoms with Gasteiger partial charge in [-0.1, -0.05) is 53.7 Å². The maximum atomic E-state index is 5.66. The summed E-state index contributed by atoms with van der Waals surface area (Å²) in [6.45, 7) is 15.1. The van der Waals surface area contributed by atoms with Crippen LogP contribution in [0.3, 0.4) is 0 Å². The minimum Gasteiger partial charge on any atom is -0.491 e. The van der Waals surface area contributed by atoms with Crippen LogP contribution in [0.15, 0.2) is 24.3 Å². The van der Waals surface area contributed by atoms with Crippen molar-refractivity contribution in [3.8, 4) is 5.75 Å². The summed E-state index contributed by atoms with van der Waals surface area (Å²) in [5.74, 6) is 0.910. The molecule has 0 saturated heterocycles. The van der Waals surface area contributed by atoms with E-state index in [0.717, 1.165) is 12.4 Å². The van der Waals surface area contributed by atoms with Crippen LogP contribution in [-0.2, 0) is 10.2 Å².